The summed E-state index contributed by atoms with van der Waals surface area (Å²) in [5, 5.41) is 7.68. The number of hydrogen-bond acceptors (Lipinski definition) is 5. The fourth-order valence-corrected chi connectivity index (χ4v) is 5.58. The molecule has 8 heteroatoms. The molecule has 1 aliphatic rings. The molecule has 0 saturated carbocycles. The minimum atomic E-state index is -3.88. The van der Waals surface area contributed by atoms with Crippen LogP contribution in [0.3, 0.4) is 0 Å². The van der Waals surface area contributed by atoms with Gasteiger partial charge in [-0.2, -0.15) is 0 Å². The van der Waals surface area contributed by atoms with Crippen LogP contribution < -0.4 is 10.6 Å². The fourth-order valence-electron chi connectivity index (χ4n) is 4.12. The number of hydrogen-bond donors (Lipinski definition) is 2. The number of amides is 1. The van der Waals surface area contributed by atoms with Crippen LogP contribution in [0.4, 0.5) is 5.69 Å². The number of aromatic nitrogens is 1. The van der Waals surface area contributed by atoms with Crippen LogP contribution in [0.15, 0.2) is 59.8 Å². The molecule has 4 rings (SSSR count). The zero-order valence-electron chi connectivity index (χ0n) is 17.8. The lowest BCUT2D eigenvalue weighted by molar-refractivity contribution is 0.0905. The summed E-state index contributed by atoms with van der Waals surface area (Å²) in [4.78, 5) is 15.3. The third kappa shape index (κ3) is 4.31. The van der Waals surface area contributed by atoms with Gasteiger partial charge in [-0.1, -0.05) is 31.2 Å². The van der Waals surface area contributed by atoms with Gasteiger partial charge in [0.25, 0.3) is 15.9 Å². The molecule has 1 saturated heterocycles. The van der Waals surface area contributed by atoms with Gasteiger partial charge in [0.1, 0.15) is 4.90 Å². The Morgan fingerprint density at radius 2 is 1.84 bits per heavy atom. The zero-order valence-corrected chi connectivity index (χ0v) is 18.7. The van der Waals surface area contributed by atoms with E-state index in [-0.39, 0.29) is 16.8 Å². The maximum absolute atomic E-state index is 13.4. The number of rotatable bonds is 6. The normalized spacial score (nSPS) is 17.5. The van der Waals surface area contributed by atoms with Crippen LogP contribution in [0, 0.1) is 0 Å². The molecule has 0 spiro atoms. The lowest BCUT2D eigenvalue weighted by Crippen LogP contribution is -2.47. The number of fused-ring (bicyclic) bond motifs is 1. The van der Waals surface area contributed by atoms with Crippen LogP contribution >= 0.6 is 0 Å². The van der Waals surface area contributed by atoms with Gasteiger partial charge in [-0.3, -0.25) is 4.79 Å². The monoisotopic (exact) mass is 440 g/mol. The highest BCUT2D eigenvalue weighted by atomic mass is 32.2. The Morgan fingerprint density at radius 1 is 1.13 bits per heavy atom. The number of piperidine rings is 1. The Hall–Kier alpha value is -2.84. The maximum atomic E-state index is 13.4. The van der Waals surface area contributed by atoms with Crippen molar-refractivity contribution in [2.75, 3.05) is 32.0 Å². The van der Waals surface area contributed by atoms with Gasteiger partial charge in [0, 0.05) is 48.4 Å². The molecule has 1 atom stereocenters. The molecular formula is C23H28N4O3S. The average Bonchev–Trinajstić information content (AvgIpc) is 3.24. The summed E-state index contributed by atoms with van der Waals surface area (Å²) in [6.45, 7) is 4.94. The van der Waals surface area contributed by atoms with Gasteiger partial charge < -0.3 is 15.5 Å². The van der Waals surface area contributed by atoms with Crippen molar-refractivity contribution >= 4 is 32.4 Å². The van der Waals surface area contributed by atoms with Crippen LogP contribution in [0.2, 0.25) is 0 Å². The van der Waals surface area contributed by atoms with Crippen molar-refractivity contribution in [2.24, 2.45) is 0 Å². The summed E-state index contributed by atoms with van der Waals surface area (Å²) in [5.41, 5.74) is 0.784. The summed E-state index contributed by atoms with van der Waals surface area (Å²) in [5.74, 6) is -0.250. The molecule has 164 valence electrons. The van der Waals surface area contributed by atoms with Gasteiger partial charge >= 0.3 is 0 Å². The smallest absolute Gasteiger partial charge is 0.269 e. The molecule has 7 nitrogen and oxygen atoms in total. The van der Waals surface area contributed by atoms with Gasteiger partial charge in [-0.15, -0.1) is 0 Å². The molecule has 1 unspecified atom stereocenters. The highest BCUT2D eigenvalue weighted by Gasteiger charge is 2.25. The van der Waals surface area contributed by atoms with E-state index in [9.17, 15) is 13.2 Å². The van der Waals surface area contributed by atoms with E-state index in [2.05, 4.69) is 22.5 Å². The highest BCUT2D eigenvalue weighted by molar-refractivity contribution is 7.90. The molecule has 0 aliphatic carbocycles. The quantitative estimate of drug-likeness (QED) is 0.615. The van der Waals surface area contributed by atoms with Crippen LogP contribution in [0.5, 0.6) is 0 Å². The molecule has 1 aliphatic heterocycles. The van der Waals surface area contributed by atoms with Crippen molar-refractivity contribution < 1.29 is 13.2 Å². The number of benzene rings is 2. The van der Waals surface area contributed by atoms with Crippen molar-refractivity contribution in [3.05, 3.63) is 60.4 Å². The first kappa shape index (κ1) is 21.4. The van der Waals surface area contributed by atoms with Crippen molar-refractivity contribution in [2.45, 2.75) is 30.7 Å². The number of nitrogens with zero attached hydrogens (tertiary/aromatic N) is 2. The van der Waals surface area contributed by atoms with E-state index in [1.165, 1.54) is 10.0 Å². The van der Waals surface area contributed by atoms with E-state index in [4.69, 9.17) is 0 Å². The van der Waals surface area contributed by atoms with Crippen LogP contribution in [0.1, 0.15) is 30.1 Å². The molecule has 2 aromatic carbocycles. The molecule has 3 aromatic rings. The average molecular weight is 441 g/mol. The molecule has 0 radical (unpaired) electrons. The predicted octanol–water partition coefficient (Wildman–Crippen LogP) is 3.13. The van der Waals surface area contributed by atoms with Gasteiger partial charge in [0.2, 0.25) is 0 Å². The third-order valence-electron chi connectivity index (χ3n) is 5.89. The summed E-state index contributed by atoms with van der Waals surface area (Å²) in [6, 6.07) is 12.3. The first-order chi connectivity index (χ1) is 14.9. The first-order valence-electron chi connectivity index (χ1n) is 10.6. The zero-order chi connectivity index (χ0) is 22.0. The van der Waals surface area contributed by atoms with E-state index in [0.29, 0.717) is 11.3 Å². The SMILES string of the molecule is CCN1CCCC(NC(=O)c2ccc(NC)c(S(=O)(=O)n3cc4ccccc4c3)c2)C1. The summed E-state index contributed by atoms with van der Waals surface area (Å²) in [7, 11) is -2.21. The van der Waals surface area contributed by atoms with Crippen molar-refractivity contribution in [3.63, 3.8) is 0 Å². The summed E-state index contributed by atoms with van der Waals surface area (Å²) in [6.07, 6.45) is 5.16. The van der Waals surface area contributed by atoms with E-state index in [0.717, 1.165) is 43.2 Å². The Morgan fingerprint density at radius 3 is 2.48 bits per heavy atom. The van der Waals surface area contributed by atoms with Crippen molar-refractivity contribution in [3.8, 4) is 0 Å². The molecule has 0 bridgehead atoms. The maximum Gasteiger partial charge on any atom is 0.269 e. The Balaban J connectivity index is 1.64. The second-order valence-corrected chi connectivity index (χ2v) is 9.70. The lowest BCUT2D eigenvalue weighted by Gasteiger charge is -2.32. The largest absolute Gasteiger partial charge is 0.387 e. The van der Waals surface area contributed by atoms with E-state index in [1.807, 2.05) is 24.3 Å². The number of likely N-dealkylation sites (tertiary alicyclic amines) is 1. The fraction of sp³-hybridized carbons (Fsp3) is 0.348. The van der Waals surface area contributed by atoms with E-state index < -0.39 is 10.0 Å². The van der Waals surface area contributed by atoms with Crippen molar-refractivity contribution in [1.29, 1.82) is 0 Å². The third-order valence-corrected chi connectivity index (χ3v) is 7.54. The number of anilines is 1. The molecule has 2 N–H and O–H groups in total. The first-order valence-corrected chi connectivity index (χ1v) is 12.0. The number of carbonyl (C=O) groups is 1. The molecule has 2 heterocycles. The molecule has 1 aromatic heterocycles. The van der Waals surface area contributed by atoms with Crippen LogP contribution in [-0.4, -0.2) is 55.9 Å². The van der Waals surface area contributed by atoms with E-state index in [1.54, 1.807) is 31.6 Å². The Labute approximate surface area is 183 Å². The van der Waals surface area contributed by atoms with Crippen LogP contribution in [-0.2, 0) is 10.0 Å². The molecule has 1 amide bonds. The van der Waals surface area contributed by atoms with E-state index >= 15 is 0 Å². The second-order valence-electron chi connectivity index (χ2n) is 7.89. The molecular weight excluding hydrogens is 412 g/mol. The van der Waals surface area contributed by atoms with Crippen molar-refractivity contribution in [1.82, 2.24) is 14.2 Å². The predicted molar refractivity (Wildman–Crippen MR) is 123 cm³/mol. The summed E-state index contributed by atoms with van der Waals surface area (Å²) >= 11 is 0. The van der Waals surface area contributed by atoms with Crippen LogP contribution in [0.25, 0.3) is 10.8 Å². The molecule has 1 fully saturated rings. The minimum absolute atomic E-state index is 0.0694. The second kappa shape index (κ2) is 8.72. The lowest BCUT2D eigenvalue weighted by atomic mass is 10.0. The summed E-state index contributed by atoms with van der Waals surface area (Å²) < 4.78 is 28.0. The Bertz CT molecular complexity index is 1170. The topological polar surface area (TPSA) is 83.4 Å². The minimum Gasteiger partial charge on any atom is -0.387 e. The number of likely N-dealkylation sites (N-methyl/N-ethyl adjacent to an activating group) is 1. The number of nitrogens with one attached hydrogen (secondary N) is 2. The van der Waals surface area contributed by atoms with Gasteiger partial charge in [0.05, 0.1) is 5.69 Å². The van der Waals surface area contributed by atoms with Gasteiger partial charge in [0.15, 0.2) is 0 Å². The Kier molecular flexibility index (Phi) is 6.02. The standard InChI is InChI=1S/C23H28N4O3S/c1-3-26-12-6-9-20(16-26)25-23(28)17-10-11-21(24-2)22(13-17)31(29,30)27-14-18-7-4-5-8-19(18)15-27/h4-5,7-8,10-11,13-15,20,24H,3,6,9,12,16H2,1-2H3,(H,25,28). The number of carbonyl (C=O) groups excluding carboxylic acids is 1. The van der Waals surface area contributed by atoms with Gasteiger partial charge in [-0.25, -0.2) is 12.4 Å². The molecule has 31 heavy (non-hydrogen) atoms. The highest BCUT2D eigenvalue weighted by Crippen LogP contribution is 2.27. The van der Waals surface area contributed by atoms with Gasteiger partial charge in [-0.05, 0) is 44.1 Å².